The summed E-state index contributed by atoms with van der Waals surface area (Å²) in [6.45, 7) is 10.2. The van der Waals surface area contributed by atoms with Gasteiger partial charge in [0.25, 0.3) is 5.91 Å². The monoisotopic (exact) mass is 332 g/mol. The number of rotatable bonds is 6. The molecule has 4 nitrogen and oxygen atoms in total. The topological polar surface area (TPSA) is 41.9 Å². The van der Waals surface area contributed by atoms with E-state index in [9.17, 15) is 4.79 Å². The minimum Gasteiger partial charge on any atom is -0.493 e. The van der Waals surface area contributed by atoms with Crippen LogP contribution in [0, 0.1) is 5.92 Å². The molecule has 1 aromatic rings. The van der Waals surface area contributed by atoms with Crippen molar-refractivity contribution in [3.8, 4) is 5.75 Å². The van der Waals surface area contributed by atoms with Crippen LogP contribution in [-0.2, 0) is 4.79 Å². The van der Waals surface area contributed by atoms with Crippen LogP contribution in [0.1, 0.15) is 33.3 Å². The Morgan fingerprint density at radius 2 is 1.96 bits per heavy atom. The summed E-state index contributed by atoms with van der Waals surface area (Å²) in [4.78, 5) is 19.2. The summed E-state index contributed by atoms with van der Waals surface area (Å²) in [6.07, 6.45) is 1.92. The van der Waals surface area contributed by atoms with Crippen molar-refractivity contribution in [3.63, 3.8) is 0 Å². The molecule has 1 aliphatic rings. The van der Waals surface area contributed by atoms with Gasteiger partial charge in [0.2, 0.25) is 0 Å². The lowest BCUT2D eigenvalue weighted by Crippen LogP contribution is -2.28. The van der Waals surface area contributed by atoms with Crippen LogP contribution >= 0.6 is 11.8 Å². The third-order valence-electron chi connectivity index (χ3n) is 3.26. The molecule has 0 aromatic heterocycles. The number of benzene rings is 1. The Kier molecular flexibility index (Phi) is 6.28. The highest BCUT2D eigenvalue weighted by molar-refractivity contribution is 8.18. The normalized spacial score (nSPS) is 18.5. The van der Waals surface area contributed by atoms with E-state index < -0.39 is 0 Å². The minimum atomic E-state index is 0.0323. The van der Waals surface area contributed by atoms with Crippen LogP contribution < -0.4 is 4.74 Å². The van der Waals surface area contributed by atoms with Gasteiger partial charge in [0.15, 0.2) is 5.17 Å². The number of carbonyl (C=O) groups is 1. The van der Waals surface area contributed by atoms with E-state index in [2.05, 4.69) is 18.8 Å². The molecule has 0 radical (unpaired) electrons. The summed E-state index contributed by atoms with van der Waals surface area (Å²) in [5.41, 5.74) is 0.992. The lowest BCUT2D eigenvalue weighted by atomic mass is 10.2. The van der Waals surface area contributed by atoms with E-state index in [1.807, 2.05) is 44.2 Å². The van der Waals surface area contributed by atoms with Gasteiger partial charge in [-0.1, -0.05) is 26.0 Å². The average molecular weight is 332 g/mol. The lowest BCUT2D eigenvalue weighted by molar-refractivity contribution is -0.122. The molecule has 0 spiro atoms. The second-order valence-electron chi connectivity index (χ2n) is 5.69. The molecule has 1 aliphatic heterocycles. The van der Waals surface area contributed by atoms with E-state index in [1.165, 1.54) is 11.8 Å². The van der Waals surface area contributed by atoms with Gasteiger partial charge in [-0.3, -0.25) is 14.7 Å². The van der Waals surface area contributed by atoms with Gasteiger partial charge < -0.3 is 4.74 Å². The molecule has 23 heavy (non-hydrogen) atoms. The predicted octanol–water partition coefficient (Wildman–Crippen LogP) is 4.03. The number of hydrogen-bond acceptors (Lipinski definition) is 4. The molecule has 2 rings (SSSR count). The second kappa shape index (κ2) is 8.20. The molecular formula is C18H24N2O2S. The molecule has 1 saturated heterocycles. The van der Waals surface area contributed by atoms with Crippen molar-refractivity contribution < 1.29 is 9.53 Å². The highest BCUT2D eigenvalue weighted by Crippen LogP contribution is 2.32. The molecule has 0 bridgehead atoms. The van der Waals surface area contributed by atoms with Crippen molar-refractivity contribution in [2.24, 2.45) is 10.9 Å². The molecular weight excluding hydrogens is 308 g/mol. The highest BCUT2D eigenvalue weighted by atomic mass is 32.2. The first-order valence-electron chi connectivity index (χ1n) is 8.03. The first-order chi connectivity index (χ1) is 11.0. The molecule has 1 amide bonds. The van der Waals surface area contributed by atoms with E-state index in [-0.39, 0.29) is 5.91 Å². The summed E-state index contributed by atoms with van der Waals surface area (Å²) >= 11 is 1.45. The number of amidine groups is 1. The van der Waals surface area contributed by atoms with E-state index in [1.54, 1.807) is 4.90 Å². The van der Waals surface area contributed by atoms with Crippen LogP contribution in [0.5, 0.6) is 5.75 Å². The van der Waals surface area contributed by atoms with Crippen molar-refractivity contribution in [2.75, 3.05) is 19.7 Å². The SMILES string of the molecule is CCN=C1S/C(=C/c2ccc(OCC(C)C)cc2)C(=O)N1CC. The molecule has 5 heteroatoms. The zero-order valence-electron chi connectivity index (χ0n) is 14.2. The fourth-order valence-electron chi connectivity index (χ4n) is 2.11. The number of likely N-dealkylation sites (N-methyl/N-ethyl adjacent to an activating group) is 1. The lowest BCUT2D eigenvalue weighted by Gasteiger charge is -2.11. The summed E-state index contributed by atoms with van der Waals surface area (Å²) in [5.74, 6) is 1.39. The summed E-state index contributed by atoms with van der Waals surface area (Å²) < 4.78 is 5.68. The zero-order valence-corrected chi connectivity index (χ0v) is 15.0. The minimum absolute atomic E-state index is 0.0323. The first kappa shape index (κ1) is 17.6. The zero-order chi connectivity index (χ0) is 16.8. The van der Waals surface area contributed by atoms with Gasteiger partial charge in [0.05, 0.1) is 11.5 Å². The molecule has 0 aliphatic carbocycles. The highest BCUT2D eigenvalue weighted by Gasteiger charge is 2.31. The third-order valence-corrected chi connectivity index (χ3v) is 4.30. The Hall–Kier alpha value is -1.75. The molecule has 0 atom stereocenters. The molecule has 0 saturated carbocycles. The van der Waals surface area contributed by atoms with Gasteiger partial charge in [-0.05, 0) is 55.3 Å². The maximum absolute atomic E-state index is 12.4. The van der Waals surface area contributed by atoms with Crippen molar-refractivity contribution in [1.29, 1.82) is 0 Å². The van der Waals surface area contributed by atoms with E-state index in [0.29, 0.717) is 25.6 Å². The first-order valence-corrected chi connectivity index (χ1v) is 8.85. The standard InChI is InChI=1S/C18H24N2O2S/c1-5-19-18-20(6-2)17(21)16(23-18)11-14-7-9-15(10-8-14)22-12-13(3)4/h7-11,13H,5-6,12H2,1-4H3/b16-11+,19-18?. The number of ether oxygens (including phenoxy) is 1. The smallest absolute Gasteiger partial charge is 0.266 e. The quantitative estimate of drug-likeness (QED) is 0.739. The van der Waals surface area contributed by atoms with Crippen molar-refractivity contribution in [2.45, 2.75) is 27.7 Å². The molecule has 1 fully saturated rings. The number of carbonyl (C=O) groups excluding carboxylic acids is 1. The Morgan fingerprint density at radius 3 is 2.52 bits per heavy atom. The van der Waals surface area contributed by atoms with Crippen LogP contribution in [0.15, 0.2) is 34.2 Å². The van der Waals surface area contributed by atoms with Crippen molar-refractivity contribution in [1.82, 2.24) is 4.90 Å². The summed E-state index contributed by atoms with van der Waals surface area (Å²) in [5, 5.41) is 0.795. The van der Waals surface area contributed by atoms with Crippen LogP contribution in [0.25, 0.3) is 6.08 Å². The Labute approximate surface area is 142 Å². The molecule has 1 aromatic carbocycles. The number of nitrogens with zero attached hydrogens (tertiary/aromatic N) is 2. The van der Waals surface area contributed by atoms with Crippen LogP contribution in [-0.4, -0.2) is 35.7 Å². The van der Waals surface area contributed by atoms with Gasteiger partial charge in [-0.15, -0.1) is 0 Å². The molecule has 0 N–H and O–H groups in total. The molecule has 124 valence electrons. The van der Waals surface area contributed by atoms with Crippen LogP contribution in [0.4, 0.5) is 0 Å². The maximum atomic E-state index is 12.4. The van der Waals surface area contributed by atoms with Gasteiger partial charge in [0, 0.05) is 13.1 Å². The van der Waals surface area contributed by atoms with Gasteiger partial charge in [0.1, 0.15) is 5.75 Å². The van der Waals surface area contributed by atoms with Crippen LogP contribution in [0.2, 0.25) is 0 Å². The van der Waals surface area contributed by atoms with Crippen LogP contribution in [0.3, 0.4) is 0 Å². The summed E-state index contributed by atoms with van der Waals surface area (Å²) in [6, 6.07) is 7.83. The fraction of sp³-hybridized carbons (Fsp3) is 0.444. The Bertz CT molecular complexity index is 606. The predicted molar refractivity (Wildman–Crippen MR) is 97.7 cm³/mol. The van der Waals surface area contributed by atoms with E-state index in [4.69, 9.17) is 4.74 Å². The maximum Gasteiger partial charge on any atom is 0.266 e. The Balaban J connectivity index is 2.12. The van der Waals surface area contributed by atoms with Gasteiger partial charge in [-0.25, -0.2) is 0 Å². The number of amides is 1. The number of hydrogen-bond donors (Lipinski definition) is 0. The number of thioether (sulfide) groups is 1. The van der Waals surface area contributed by atoms with E-state index in [0.717, 1.165) is 21.4 Å². The second-order valence-corrected chi connectivity index (χ2v) is 6.70. The van der Waals surface area contributed by atoms with E-state index >= 15 is 0 Å². The molecule has 0 unspecified atom stereocenters. The van der Waals surface area contributed by atoms with Gasteiger partial charge in [-0.2, -0.15) is 0 Å². The fourth-order valence-corrected chi connectivity index (χ4v) is 3.22. The van der Waals surface area contributed by atoms with Crippen molar-refractivity contribution in [3.05, 3.63) is 34.7 Å². The van der Waals surface area contributed by atoms with Gasteiger partial charge >= 0.3 is 0 Å². The summed E-state index contributed by atoms with van der Waals surface area (Å²) in [7, 11) is 0. The number of aliphatic imine (C=N–C) groups is 1. The molecule has 1 heterocycles. The largest absolute Gasteiger partial charge is 0.493 e. The average Bonchev–Trinajstić information content (AvgIpc) is 2.82. The third kappa shape index (κ3) is 4.61. The van der Waals surface area contributed by atoms with Crippen molar-refractivity contribution >= 4 is 28.9 Å². The Morgan fingerprint density at radius 1 is 1.26 bits per heavy atom.